The van der Waals surface area contributed by atoms with Crippen molar-refractivity contribution in [2.45, 2.75) is 13.8 Å². The molecule has 0 aromatic heterocycles. The lowest BCUT2D eigenvalue weighted by Crippen LogP contribution is -2.22. The van der Waals surface area contributed by atoms with Crippen LogP contribution in [0.1, 0.15) is 18.1 Å². The molecule has 0 spiro atoms. The van der Waals surface area contributed by atoms with Gasteiger partial charge in [-0.2, -0.15) is 10.1 Å². The summed E-state index contributed by atoms with van der Waals surface area (Å²) in [6, 6.07) is 12.7. The van der Waals surface area contributed by atoms with Gasteiger partial charge in [0, 0.05) is 10.0 Å². The zero-order chi connectivity index (χ0) is 16.6. The van der Waals surface area contributed by atoms with Crippen LogP contribution < -0.4 is 5.01 Å². The minimum Gasteiger partial charge on any atom is -0.267 e. The van der Waals surface area contributed by atoms with Crippen LogP contribution in [-0.2, 0) is 4.79 Å². The number of anilines is 1. The Morgan fingerprint density at radius 1 is 1.04 bits per heavy atom. The van der Waals surface area contributed by atoms with Gasteiger partial charge in [0.1, 0.15) is 0 Å². The molecule has 0 unspecified atom stereocenters. The van der Waals surface area contributed by atoms with E-state index in [2.05, 4.69) is 5.10 Å². The minimum atomic E-state index is -0.164. The van der Waals surface area contributed by atoms with E-state index in [1.807, 2.05) is 44.2 Å². The van der Waals surface area contributed by atoms with E-state index in [1.54, 1.807) is 18.2 Å². The Hall–Kier alpha value is -2.10. The summed E-state index contributed by atoms with van der Waals surface area (Å²) < 4.78 is 0. The summed E-state index contributed by atoms with van der Waals surface area (Å²) in [6.07, 6.45) is 1.82. The van der Waals surface area contributed by atoms with Crippen molar-refractivity contribution < 1.29 is 4.79 Å². The molecule has 0 N–H and O–H groups in total. The molecule has 1 heterocycles. The van der Waals surface area contributed by atoms with Crippen molar-refractivity contribution in [2.24, 2.45) is 5.10 Å². The molecule has 3 nitrogen and oxygen atoms in total. The third-order valence-electron chi connectivity index (χ3n) is 3.71. The fraction of sp³-hybridized carbons (Fsp3) is 0.111. The molecule has 0 atom stereocenters. The van der Waals surface area contributed by atoms with E-state index in [9.17, 15) is 4.79 Å². The molecule has 0 radical (unpaired) electrons. The van der Waals surface area contributed by atoms with Gasteiger partial charge in [0.25, 0.3) is 5.91 Å². The van der Waals surface area contributed by atoms with E-state index in [-0.39, 0.29) is 5.91 Å². The zero-order valence-corrected chi connectivity index (χ0v) is 14.2. The minimum absolute atomic E-state index is 0.164. The van der Waals surface area contributed by atoms with Gasteiger partial charge < -0.3 is 0 Å². The predicted octanol–water partition coefficient (Wildman–Crippen LogP) is 5.11. The van der Waals surface area contributed by atoms with Crippen molar-refractivity contribution in [1.29, 1.82) is 0 Å². The summed E-state index contributed by atoms with van der Waals surface area (Å²) in [5.74, 6) is -0.164. The molecule has 2 aromatic rings. The van der Waals surface area contributed by atoms with E-state index in [1.165, 1.54) is 5.01 Å². The van der Waals surface area contributed by atoms with Crippen LogP contribution in [-0.4, -0.2) is 11.6 Å². The van der Waals surface area contributed by atoms with Gasteiger partial charge in [-0.1, -0.05) is 41.4 Å². The summed E-state index contributed by atoms with van der Waals surface area (Å²) in [7, 11) is 0. The molecule has 116 valence electrons. The van der Waals surface area contributed by atoms with Crippen molar-refractivity contribution in [3.63, 3.8) is 0 Å². The van der Waals surface area contributed by atoms with E-state index in [4.69, 9.17) is 23.2 Å². The standard InChI is InChI=1S/C18H14Cl2N2O/c1-11-16(20)4-3-5-17(11)22-18(23)15(12(2)21-22)10-13-6-8-14(19)9-7-13/h3-10H,1-2H3. The van der Waals surface area contributed by atoms with Crippen molar-refractivity contribution in [1.82, 2.24) is 0 Å². The average Bonchev–Trinajstić information content (AvgIpc) is 2.80. The number of hydrazone groups is 1. The third-order valence-corrected chi connectivity index (χ3v) is 4.37. The topological polar surface area (TPSA) is 32.7 Å². The maximum atomic E-state index is 12.7. The number of carbonyl (C=O) groups excluding carboxylic acids is 1. The van der Waals surface area contributed by atoms with Gasteiger partial charge in [0.05, 0.1) is 17.0 Å². The van der Waals surface area contributed by atoms with Crippen LogP contribution in [0.25, 0.3) is 6.08 Å². The van der Waals surface area contributed by atoms with Gasteiger partial charge in [-0.05, 0) is 55.3 Å². The lowest BCUT2D eigenvalue weighted by atomic mass is 10.1. The highest BCUT2D eigenvalue weighted by Crippen LogP contribution is 2.31. The molecule has 0 bridgehead atoms. The molecule has 0 saturated heterocycles. The molecular weight excluding hydrogens is 331 g/mol. The van der Waals surface area contributed by atoms with Crippen molar-refractivity contribution >= 4 is 46.6 Å². The predicted molar refractivity (Wildman–Crippen MR) is 96.2 cm³/mol. The number of amides is 1. The van der Waals surface area contributed by atoms with Crippen LogP contribution in [0.15, 0.2) is 53.1 Å². The van der Waals surface area contributed by atoms with Crippen LogP contribution >= 0.6 is 23.2 Å². The highest BCUT2D eigenvalue weighted by molar-refractivity contribution is 6.34. The van der Waals surface area contributed by atoms with Crippen molar-refractivity contribution in [3.8, 4) is 0 Å². The van der Waals surface area contributed by atoms with E-state index in [0.29, 0.717) is 27.0 Å². The van der Waals surface area contributed by atoms with Crippen LogP contribution in [0.2, 0.25) is 10.0 Å². The molecular formula is C18H14Cl2N2O. The molecule has 0 aliphatic carbocycles. The lowest BCUT2D eigenvalue weighted by molar-refractivity contribution is -0.114. The van der Waals surface area contributed by atoms with E-state index >= 15 is 0 Å². The first kappa shape index (κ1) is 15.8. The molecule has 1 amide bonds. The van der Waals surface area contributed by atoms with E-state index in [0.717, 1.165) is 11.1 Å². The Labute approximate surface area is 144 Å². The largest absolute Gasteiger partial charge is 0.280 e. The molecule has 5 heteroatoms. The number of rotatable bonds is 2. The molecule has 1 aliphatic rings. The number of carbonyl (C=O) groups is 1. The summed E-state index contributed by atoms with van der Waals surface area (Å²) in [6.45, 7) is 3.69. The first-order chi connectivity index (χ1) is 11.0. The van der Waals surface area contributed by atoms with Crippen LogP contribution in [0, 0.1) is 6.92 Å². The monoisotopic (exact) mass is 344 g/mol. The van der Waals surface area contributed by atoms with Crippen LogP contribution in [0.5, 0.6) is 0 Å². The molecule has 23 heavy (non-hydrogen) atoms. The quantitative estimate of drug-likeness (QED) is 0.697. The maximum absolute atomic E-state index is 12.7. The summed E-state index contributed by atoms with van der Waals surface area (Å²) in [5, 5.41) is 7.05. The maximum Gasteiger partial charge on any atom is 0.280 e. The van der Waals surface area contributed by atoms with Gasteiger partial charge >= 0.3 is 0 Å². The molecule has 2 aromatic carbocycles. The summed E-state index contributed by atoms with van der Waals surface area (Å²) >= 11 is 12.0. The smallest absolute Gasteiger partial charge is 0.267 e. The number of hydrogen-bond donors (Lipinski definition) is 0. The molecule has 1 aliphatic heterocycles. The second-order valence-corrected chi connectivity index (χ2v) is 6.14. The number of halogens is 2. The Morgan fingerprint density at radius 3 is 2.43 bits per heavy atom. The Morgan fingerprint density at radius 2 is 1.74 bits per heavy atom. The number of nitrogens with zero attached hydrogens (tertiary/aromatic N) is 2. The van der Waals surface area contributed by atoms with Crippen molar-refractivity contribution in [3.05, 3.63) is 69.2 Å². The highest BCUT2D eigenvalue weighted by Gasteiger charge is 2.29. The Balaban J connectivity index is 1.98. The normalized spacial score (nSPS) is 16.2. The highest BCUT2D eigenvalue weighted by atomic mass is 35.5. The first-order valence-electron chi connectivity index (χ1n) is 7.10. The molecule has 0 fully saturated rings. The number of hydrogen-bond acceptors (Lipinski definition) is 2. The second kappa shape index (κ2) is 6.19. The van der Waals surface area contributed by atoms with Gasteiger partial charge in [-0.3, -0.25) is 4.79 Å². The van der Waals surface area contributed by atoms with Crippen molar-refractivity contribution in [2.75, 3.05) is 5.01 Å². The molecule has 0 saturated carbocycles. The Kier molecular flexibility index (Phi) is 4.24. The van der Waals surface area contributed by atoms with Gasteiger partial charge in [-0.25, -0.2) is 0 Å². The van der Waals surface area contributed by atoms with Crippen LogP contribution in [0.4, 0.5) is 5.69 Å². The van der Waals surface area contributed by atoms with Gasteiger partial charge in [0.2, 0.25) is 0 Å². The summed E-state index contributed by atoms with van der Waals surface area (Å²) in [4.78, 5) is 12.7. The van der Waals surface area contributed by atoms with E-state index < -0.39 is 0 Å². The fourth-order valence-corrected chi connectivity index (χ4v) is 2.69. The summed E-state index contributed by atoms with van der Waals surface area (Å²) in [5.41, 5.74) is 3.65. The fourth-order valence-electron chi connectivity index (χ4n) is 2.40. The van der Waals surface area contributed by atoms with Crippen LogP contribution in [0.3, 0.4) is 0 Å². The molecule has 3 rings (SSSR count). The third kappa shape index (κ3) is 3.03. The zero-order valence-electron chi connectivity index (χ0n) is 12.7. The first-order valence-corrected chi connectivity index (χ1v) is 7.85. The SMILES string of the molecule is CC1=NN(c2cccc(Cl)c2C)C(=O)C1=Cc1ccc(Cl)cc1. The average molecular weight is 345 g/mol. The van der Waals surface area contributed by atoms with Gasteiger partial charge in [-0.15, -0.1) is 0 Å². The number of benzene rings is 2. The van der Waals surface area contributed by atoms with Gasteiger partial charge in [0.15, 0.2) is 0 Å². The second-order valence-electron chi connectivity index (χ2n) is 5.30. The Bertz CT molecular complexity index is 839. The lowest BCUT2D eigenvalue weighted by Gasteiger charge is -2.15.